The van der Waals surface area contributed by atoms with Crippen molar-refractivity contribution in [1.82, 2.24) is 5.32 Å². The Morgan fingerprint density at radius 3 is 2.73 bits per heavy atom. The van der Waals surface area contributed by atoms with E-state index < -0.39 is 10.8 Å². The molecule has 0 radical (unpaired) electrons. The molecule has 3 atom stereocenters. The Labute approximate surface area is 96.7 Å². The molecule has 0 aromatic heterocycles. The van der Waals surface area contributed by atoms with Crippen molar-refractivity contribution in [2.45, 2.75) is 57.7 Å². The Kier molecular flexibility index (Phi) is 5.83. The second-order valence-electron chi connectivity index (χ2n) is 5.09. The first-order valence-electron chi connectivity index (χ1n) is 6.20. The first kappa shape index (κ1) is 13.2. The van der Waals surface area contributed by atoms with E-state index in [2.05, 4.69) is 26.1 Å². The van der Waals surface area contributed by atoms with Crippen LogP contribution in [-0.2, 0) is 10.8 Å². The van der Waals surface area contributed by atoms with Crippen molar-refractivity contribution in [3.05, 3.63) is 0 Å². The molecule has 1 N–H and O–H groups in total. The highest BCUT2D eigenvalue weighted by atomic mass is 32.2. The number of hydrogen-bond acceptors (Lipinski definition) is 2. The lowest BCUT2D eigenvalue weighted by Gasteiger charge is -2.26. The summed E-state index contributed by atoms with van der Waals surface area (Å²) in [6.07, 6.45) is 4.96. The molecule has 0 aliphatic heterocycles. The highest BCUT2D eigenvalue weighted by Crippen LogP contribution is 2.26. The third-order valence-corrected chi connectivity index (χ3v) is 4.89. The van der Waals surface area contributed by atoms with Crippen LogP contribution in [0.25, 0.3) is 0 Å². The van der Waals surface area contributed by atoms with Gasteiger partial charge in [0.25, 0.3) is 0 Å². The molecule has 3 unspecified atom stereocenters. The van der Waals surface area contributed by atoms with Crippen LogP contribution in [-0.4, -0.2) is 27.8 Å². The summed E-state index contributed by atoms with van der Waals surface area (Å²) >= 11 is 0. The van der Waals surface area contributed by atoms with Crippen LogP contribution in [0.1, 0.15) is 46.5 Å². The van der Waals surface area contributed by atoms with Crippen molar-refractivity contribution in [3.63, 3.8) is 0 Å². The molecule has 0 aromatic rings. The number of nitrogens with one attached hydrogen (secondary N) is 1. The molecule has 1 saturated carbocycles. The summed E-state index contributed by atoms with van der Waals surface area (Å²) in [5.74, 6) is 1.61. The zero-order chi connectivity index (χ0) is 11.3. The second-order valence-corrected chi connectivity index (χ2v) is 6.92. The van der Waals surface area contributed by atoms with E-state index in [1.54, 1.807) is 0 Å². The van der Waals surface area contributed by atoms with Gasteiger partial charge in [-0.25, -0.2) is 0 Å². The third-order valence-electron chi connectivity index (χ3n) is 3.12. The first-order valence-corrected chi connectivity index (χ1v) is 7.58. The van der Waals surface area contributed by atoms with Gasteiger partial charge in [0.05, 0.1) is 0 Å². The molecule has 1 aliphatic carbocycles. The fourth-order valence-corrected chi connectivity index (χ4v) is 3.86. The second kappa shape index (κ2) is 6.64. The molecular formula is C12H25NOS. The molecule has 0 heterocycles. The highest BCUT2D eigenvalue weighted by Gasteiger charge is 2.23. The predicted octanol–water partition coefficient (Wildman–Crippen LogP) is 2.31. The minimum Gasteiger partial charge on any atom is -0.314 e. The maximum Gasteiger partial charge on any atom is 0.0362 e. The van der Waals surface area contributed by atoms with Crippen molar-refractivity contribution in [1.29, 1.82) is 0 Å². The summed E-state index contributed by atoms with van der Waals surface area (Å²) in [6, 6.07) is 0.507. The molecule has 3 heteroatoms. The quantitative estimate of drug-likeness (QED) is 0.787. The average Bonchev–Trinajstić information content (AvgIpc) is 2.17. The summed E-state index contributed by atoms with van der Waals surface area (Å²) in [5, 5.41) is 3.81. The summed E-state index contributed by atoms with van der Waals surface area (Å²) in [5.41, 5.74) is 0. The van der Waals surface area contributed by atoms with Crippen LogP contribution in [0.5, 0.6) is 0 Å². The Bertz CT molecular complexity index is 206. The molecule has 0 saturated heterocycles. The van der Waals surface area contributed by atoms with E-state index in [0.29, 0.717) is 11.3 Å². The molecule has 90 valence electrons. The SMILES string of the molecule is CC1CCCC(S(=O)CCNC(C)C)C1. The van der Waals surface area contributed by atoms with Gasteiger partial charge in [-0.3, -0.25) is 4.21 Å². The van der Waals surface area contributed by atoms with E-state index in [9.17, 15) is 4.21 Å². The van der Waals surface area contributed by atoms with Crippen LogP contribution in [0, 0.1) is 5.92 Å². The minimum absolute atomic E-state index is 0.475. The highest BCUT2D eigenvalue weighted by molar-refractivity contribution is 7.85. The normalized spacial score (nSPS) is 29.3. The van der Waals surface area contributed by atoms with Crippen molar-refractivity contribution in [2.75, 3.05) is 12.3 Å². The lowest BCUT2D eigenvalue weighted by Crippen LogP contribution is -2.31. The zero-order valence-corrected chi connectivity index (χ0v) is 11.1. The van der Waals surface area contributed by atoms with Crippen LogP contribution in [0.15, 0.2) is 0 Å². The van der Waals surface area contributed by atoms with Gasteiger partial charge in [-0.1, -0.05) is 33.6 Å². The summed E-state index contributed by atoms with van der Waals surface area (Å²) in [7, 11) is -0.606. The van der Waals surface area contributed by atoms with Crippen LogP contribution >= 0.6 is 0 Å². The number of rotatable bonds is 5. The van der Waals surface area contributed by atoms with Crippen LogP contribution in [0.3, 0.4) is 0 Å². The smallest absolute Gasteiger partial charge is 0.0362 e. The zero-order valence-electron chi connectivity index (χ0n) is 10.3. The fraction of sp³-hybridized carbons (Fsp3) is 1.00. The molecular weight excluding hydrogens is 206 g/mol. The topological polar surface area (TPSA) is 29.1 Å². The lowest BCUT2D eigenvalue weighted by molar-refractivity contribution is 0.389. The van der Waals surface area contributed by atoms with E-state index in [-0.39, 0.29) is 0 Å². The van der Waals surface area contributed by atoms with Gasteiger partial charge in [-0.05, 0) is 18.8 Å². The monoisotopic (exact) mass is 231 g/mol. The molecule has 0 bridgehead atoms. The fourth-order valence-electron chi connectivity index (χ4n) is 2.23. The molecule has 0 spiro atoms. The van der Waals surface area contributed by atoms with Gasteiger partial charge in [0.15, 0.2) is 0 Å². The molecule has 0 aromatic carbocycles. The van der Waals surface area contributed by atoms with Gasteiger partial charge in [0.1, 0.15) is 0 Å². The van der Waals surface area contributed by atoms with E-state index in [1.165, 1.54) is 25.7 Å². The predicted molar refractivity (Wildman–Crippen MR) is 67.6 cm³/mol. The molecule has 0 amide bonds. The summed E-state index contributed by atoms with van der Waals surface area (Å²) in [6.45, 7) is 7.45. The van der Waals surface area contributed by atoms with Crippen LogP contribution in [0.4, 0.5) is 0 Å². The minimum atomic E-state index is -0.606. The van der Waals surface area contributed by atoms with Crippen molar-refractivity contribution in [3.8, 4) is 0 Å². The van der Waals surface area contributed by atoms with Gasteiger partial charge in [-0.15, -0.1) is 0 Å². The molecule has 1 aliphatic rings. The Hall–Kier alpha value is 0.110. The molecule has 15 heavy (non-hydrogen) atoms. The number of hydrogen-bond donors (Lipinski definition) is 1. The summed E-state index contributed by atoms with van der Waals surface area (Å²) in [4.78, 5) is 0. The van der Waals surface area contributed by atoms with Gasteiger partial charge in [0.2, 0.25) is 0 Å². The van der Waals surface area contributed by atoms with Gasteiger partial charge in [-0.2, -0.15) is 0 Å². The van der Waals surface area contributed by atoms with Crippen molar-refractivity contribution >= 4 is 10.8 Å². The Morgan fingerprint density at radius 1 is 1.40 bits per heavy atom. The van der Waals surface area contributed by atoms with Crippen LogP contribution < -0.4 is 5.32 Å². The summed E-state index contributed by atoms with van der Waals surface area (Å²) < 4.78 is 12.0. The maximum absolute atomic E-state index is 12.0. The van der Waals surface area contributed by atoms with Crippen molar-refractivity contribution < 1.29 is 4.21 Å². The van der Waals surface area contributed by atoms with E-state index in [4.69, 9.17) is 0 Å². The van der Waals surface area contributed by atoms with E-state index in [0.717, 1.165) is 18.2 Å². The van der Waals surface area contributed by atoms with Gasteiger partial charge in [0, 0.05) is 34.4 Å². The Morgan fingerprint density at radius 2 is 2.13 bits per heavy atom. The van der Waals surface area contributed by atoms with Gasteiger partial charge < -0.3 is 5.32 Å². The van der Waals surface area contributed by atoms with Crippen LogP contribution in [0.2, 0.25) is 0 Å². The molecule has 2 nitrogen and oxygen atoms in total. The molecule has 1 rings (SSSR count). The third kappa shape index (κ3) is 5.12. The lowest BCUT2D eigenvalue weighted by atomic mass is 9.91. The van der Waals surface area contributed by atoms with Crippen molar-refractivity contribution in [2.24, 2.45) is 5.92 Å². The first-order chi connectivity index (χ1) is 7.09. The van der Waals surface area contributed by atoms with Gasteiger partial charge >= 0.3 is 0 Å². The average molecular weight is 231 g/mol. The maximum atomic E-state index is 12.0. The standard InChI is InChI=1S/C12H25NOS/c1-10(2)13-7-8-15(14)12-6-4-5-11(3)9-12/h10-13H,4-9H2,1-3H3. The van der Waals surface area contributed by atoms with E-state index >= 15 is 0 Å². The molecule has 1 fully saturated rings. The largest absolute Gasteiger partial charge is 0.314 e. The Balaban J connectivity index is 2.21. The van der Waals surface area contributed by atoms with E-state index in [1.807, 2.05) is 0 Å².